The molecule has 0 spiro atoms. The molecule has 318 valence electrons. The number of para-hydroxylation sites is 1. The van der Waals surface area contributed by atoms with E-state index in [-0.39, 0.29) is 24.3 Å². The Labute approximate surface area is 339 Å². The number of ether oxygens (including phenoxy) is 6. The van der Waals surface area contributed by atoms with Crippen LogP contribution in [0.3, 0.4) is 0 Å². The Morgan fingerprint density at radius 3 is 1.32 bits per heavy atom. The summed E-state index contributed by atoms with van der Waals surface area (Å²) < 4.78 is 33.3. The summed E-state index contributed by atoms with van der Waals surface area (Å²) in [7, 11) is 0. The predicted molar refractivity (Wildman–Crippen MR) is 219 cm³/mol. The van der Waals surface area contributed by atoms with Crippen LogP contribution in [0.5, 0.6) is 5.75 Å². The second-order valence-electron chi connectivity index (χ2n) is 13.6. The molecule has 12 nitrogen and oxygen atoms in total. The summed E-state index contributed by atoms with van der Waals surface area (Å²) in [4.78, 5) is 20.9. The first-order valence-corrected chi connectivity index (χ1v) is 20.4. The van der Waals surface area contributed by atoms with E-state index in [1.54, 1.807) is 0 Å². The smallest absolute Gasteiger partial charge is 0.336 e. The molecule has 1 atom stereocenters. The van der Waals surface area contributed by atoms with Crippen LogP contribution in [-0.4, -0.2) is 111 Å². The number of aromatic carboxylic acids is 2. The summed E-state index contributed by atoms with van der Waals surface area (Å²) >= 11 is 0. The van der Waals surface area contributed by atoms with Crippen LogP contribution in [-0.2, 0) is 30.1 Å². The van der Waals surface area contributed by atoms with Crippen molar-refractivity contribution in [2.75, 3.05) is 72.7 Å². The van der Waals surface area contributed by atoms with Crippen molar-refractivity contribution in [3.63, 3.8) is 0 Å². The molecule has 3 rings (SSSR count). The van der Waals surface area contributed by atoms with Crippen molar-refractivity contribution < 1.29 is 58.4 Å². The van der Waals surface area contributed by atoms with E-state index in [1.165, 1.54) is 94.0 Å². The number of carbonyl (C=O) groups is 2. The van der Waals surface area contributed by atoms with Gasteiger partial charge in [0.25, 0.3) is 0 Å². The van der Waals surface area contributed by atoms with Gasteiger partial charge in [0, 0.05) is 6.42 Å². The topological polar surface area (TPSA) is 170 Å². The third kappa shape index (κ3) is 25.9. The van der Waals surface area contributed by atoms with E-state index >= 15 is 0 Å². The van der Waals surface area contributed by atoms with Gasteiger partial charge < -0.3 is 48.8 Å². The largest absolute Gasteiger partial charge is 0.478 e. The zero-order valence-corrected chi connectivity index (χ0v) is 33.6. The molecule has 0 amide bonds. The second-order valence-corrected chi connectivity index (χ2v) is 13.6. The summed E-state index contributed by atoms with van der Waals surface area (Å²) in [5.74, 6) is -3.19. The monoisotopic (exact) mass is 798 g/mol. The van der Waals surface area contributed by atoms with E-state index in [9.17, 15) is 14.7 Å². The summed E-state index contributed by atoms with van der Waals surface area (Å²) in [5, 5.41) is 37.0. The van der Waals surface area contributed by atoms with Crippen molar-refractivity contribution >= 4 is 11.9 Å². The Morgan fingerprint density at radius 2 is 0.860 bits per heavy atom. The minimum atomic E-state index is -1.37. The van der Waals surface area contributed by atoms with Crippen molar-refractivity contribution in [2.24, 2.45) is 0 Å². The lowest BCUT2D eigenvalue weighted by atomic mass is 10.0. The number of carboxylic acids is 2. The third-order valence-corrected chi connectivity index (χ3v) is 8.87. The molecule has 1 unspecified atom stereocenters. The van der Waals surface area contributed by atoms with E-state index in [4.69, 9.17) is 43.7 Å². The lowest BCUT2D eigenvalue weighted by Gasteiger charge is -2.29. The molecule has 4 N–H and O–H groups in total. The molecule has 3 aromatic carbocycles. The van der Waals surface area contributed by atoms with Gasteiger partial charge in [-0.15, -0.1) is 0 Å². The van der Waals surface area contributed by atoms with Crippen LogP contribution in [0, 0.1) is 0 Å². The zero-order chi connectivity index (χ0) is 41.1. The molecule has 0 heterocycles. The molecule has 0 aromatic heterocycles. The van der Waals surface area contributed by atoms with Crippen molar-refractivity contribution in [3.05, 3.63) is 102 Å². The molecule has 0 bridgehead atoms. The standard InChI is InChI=1S/C37H60O8.C8H6O4/c38-24-25-40-26-27-41-28-29-42-30-31-43-32-33-44-34-37(39,45-36-21-15-11-16-22-36)23-17-9-7-5-3-1-2-4-6-8-12-18-35-19-13-10-14-20-35;9-7(10)5-3-1-2-4-6(5)8(11)12/h10-11,13-16,19-22,38-39H,1-9,12,17-18,23-34H2;1-4H,(H,9,10)(H,11,12). The third-order valence-electron chi connectivity index (χ3n) is 8.87. The van der Waals surface area contributed by atoms with Crippen molar-refractivity contribution in [1.82, 2.24) is 0 Å². The Morgan fingerprint density at radius 1 is 0.474 bits per heavy atom. The average molecular weight is 799 g/mol. The van der Waals surface area contributed by atoms with Crippen LogP contribution in [0.2, 0.25) is 0 Å². The van der Waals surface area contributed by atoms with E-state index in [0.717, 1.165) is 12.8 Å². The molecular weight excluding hydrogens is 732 g/mol. The molecule has 0 aliphatic rings. The second kappa shape index (κ2) is 33.1. The molecule has 57 heavy (non-hydrogen) atoms. The fourth-order valence-corrected chi connectivity index (χ4v) is 5.86. The minimum Gasteiger partial charge on any atom is -0.478 e. The number of benzene rings is 3. The van der Waals surface area contributed by atoms with Crippen LogP contribution < -0.4 is 4.74 Å². The molecule has 0 aliphatic carbocycles. The Kier molecular flexibility index (Phi) is 28.6. The Hall–Kier alpha value is -3.88. The van der Waals surface area contributed by atoms with Crippen LogP contribution in [0.4, 0.5) is 0 Å². The molecule has 3 aromatic rings. The van der Waals surface area contributed by atoms with Crippen molar-refractivity contribution in [2.45, 2.75) is 89.3 Å². The van der Waals surface area contributed by atoms with Gasteiger partial charge in [0.1, 0.15) is 12.4 Å². The highest BCUT2D eigenvalue weighted by Crippen LogP contribution is 2.23. The predicted octanol–water partition coefficient (Wildman–Crippen LogP) is 7.84. The van der Waals surface area contributed by atoms with E-state index in [2.05, 4.69) is 30.3 Å². The highest BCUT2D eigenvalue weighted by molar-refractivity contribution is 6.01. The lowest BCUT2D eigenvalue weighted by molar-refractivity contribution is -0.185. The number of carboxylic acid groups (broad SMARTS) is 2. The van der Waals surface area contributed by atoms with Crippen molar-refractivity contribution in [3.8, 4) is 5.75 Å². The van der Waals surface area contributed by atoms with Crippen LogP contribution in [0.25, 0.3) is 0 Å². The first kappa shape index (κ1) is 49.3. The SMILES string of the molecule is O=C(O)c1ccccc1C(=O)O.OCCOCCOCCOCCOCCOCC(O)(CCCCCCCCCCCCCc1ccccc1)Oc1ccccc1. The zero-order valence-electron chi connectivity index (χ0n) is 33.6. The van der Waals surface area contributed by atoms with E-state index in [0.29, 0.717) is 71.6 Å². The number of hydrogen-bond donors (Lipinski definition) is 4. The molecule has 0 saturated heterocycles. The van der Waals surface area contributed by atoms with Gasteiger partial charge in [-0.05, 0) is 49.1 Å². The van der Waals surface area contributed by atoms with Crippen LogP contribution in [0.1, 0.15) is 103 Å². The molecule has 0 fully saturated rings. The normalized spacial score (nSPS) is 12.0. The summed E-state index contributed by atoms with van der Waals surface area (Å²) in [6.45, 7) is 4.07. The van der Waals surface area contributed by atoms with Crippen molar-refractivity contribution in [1.29, 1.82) is 0 Å². The first-order valence-electron chi connectivity index (χ1n) is 20.4. The minimum absolute atomic E-state index is 0.0218. The quantitative estimate of drug-likeness (QED) is 0.0342. The molecular formula is C45H66O12. The molecule has 12 heteroatoms. The maximum Gasteiger partial charge on any atom is 0.336 e. The van der Waals surface area contributed by atoms with E-state index < -0.39 is 17.7 Å². The van der Waals surface area contributed by atoms with Gasteiger partial charge in [0.05, 0.1) is 77.2 Å². The molecule has 0 saturated carbocycles. The number of aliphatic hydroxyl groups is 2. The number of rotatable bonds is 34. The fraction of sp³-hybridized carbons (Fsp3) is 0.556. The van der Waals surface area contributed by atoms with Gasteiger partial charge >= 0.3 is 11.9 Å². The lowest BCUT2D eigenvalue weighted by Crippen LogP contribution is -2.41. The number of unbranched alkanes of at least 4 members (excludes halogenated alkanes) is 10. The Bertz CT molecular complexity index is 1370. The summed E-state index contributed by atoms with van der Waals surface area (Å²) in [6, 6.07) is 25.7. The fourth-order valence-electron chi connectivity index (χ4n) is 5.86. The number of aliphatic hydroxyl groups excluding tert-OH is 1. The van der Waals surface area contributed by atoms with Crippen LogP contribution >= 0.6 is 0 Å². The van der Waals surface area contributed by atoms with Gasteiger partial charge in [-0.25, -0.2) is 9.59 Å². The highest BCUT2D eigenvalue weighted by atomic mass is 16.7. The molecule has 0 aliphatic heterocycles. The number of aryl methyl sites for hydroxylation is 1. The molecule has 0 radical (unpaired) electrons. The van der Waals surface area contributed by atoms with Gasteiger partial charge in [-0.2, -0.15) is 0 Å². The highest BCUT2D eigenvalue weighted by Gasteiger charge is 2.29. The van der Waals surface area contributed by atoms with E-state index in [1.807, 2.05) is 30.3 Å². The summed E-state index contributed by atoms with van der Waals surface area (Å²) in [6.07, 6.45) is 15.4. The Balaban J connectivity index is 0.000000793. The number of hydrogen-bond acceptors (Lipinski definition) is 10. The maximum absolute atomic E-state index is 11.3. The van der Waals surface area contributed by atoms with Gasteiger partial charge in [0.2, 0.25) is 5.79 Å². The average Bonchev–Trinajstić information content (AvgIpc) is 3.22. The first-order chi connectivity index (χ1) is 27.8. The van der Waals surface area contributed by atoms with Crippen LogP contribution in [0.15, 0.2) is 84.9 Å². The van der Waals surface area contributed by atoms with Gasteiger partial charge in [-0.3, -0.25) is 0 Å². The maximum atomic E-state index is 11.3. The van der Waals surface area contributed by atoms with Gasteiger partial charge in [-0.1, -0.05) is 118 Å². The summed E-state index contributed by atoms with van der Waals surface area (Å²) in [5.41, 5.74) is 1.07. The van der Waals surface area contributed by atoms with Gasteiger partial charge in [0.15, 0.2) is 0 Å².